The molecule has 0 aliphatic carbocycles. The third kappa shape index (κ3) is 3.29. The molecule has 1 atom stereocenters. The summed E-state index contributed by atoms with van der Waals surface area (Å²) in [6.07, 6.45) is 1.84. The maximum Gasteiger partial charge on any atom is 0.239 e. The lowest BCUT2D eigenvalue weighted by molar-refractivity contribution is 0.446. The fraction of sp³-hybridized carbons (Fsp3) is 0.429. The van der Waals surface area contributed by atoms with Crippen LogP contribution >= 0.6 is 0 Å². The van der Waals surface area contributed by atoms with Crippen LogP contribution in [-0.2, 0) is 15.6 Å². The van der Waals surface area contributed by atoms with Crippen LogP contribution in [0.1, 0.15) is 26.5 Å². The number of hydrogen-bond acceptors (Lipinski definition) is 6. The molecule has 126 valence electrons. The van der Waals surface area contributed by atoms with Crippen molar-refractivity contribution >= 4 is 21.8 Å². The molecule has 1 aliphatic rings. The third-order valence-corrected chi connectivity index (χ3v) is 5.63. The lowest BCUT2D eigenvalue weighted by atomic mass is 10.00. The smallest absolute Gasteiger partial charge is 0.239 e. The van der Waals surface area contributed by atoms with Gasteiger partial charge in [0, 0.05) is 12.7 Å². The molecule has 0 spiro atoms. The van der Waals surface area contributed by atoms with Gasteiger partial charge in [-0.15, -0.1) is 0 Å². The number of pyridine rings is 1. The van der Waals surface area contributed by atoms with E-state index in [-0.39, 0.29) is 11.7 Å². The molecule has 0 bridgehead atoms. The van der Waals surface area contributed by atoms with Crippen LogP contribution in [0.4, 0.5) is 10.2 Å². The average molecular weight is 341 g/mol. The van der Waals surface area contributed by atoms with Crippen molar-refractivity contribution in [1.82, 2.24) is 9.29 Å². The zero-order valence-corrected chi connectivity index (χ0v) is 14.3. The summed E-state index contributed by atoms with van der Waals surface area (Å²) in [4.78, 5) is 8.37. The minimum absolute atomic E-state index is 0.0639. The lowest BCUT2D eigenvalue weighted by Gasteiger charge is -2.33. The van der Waals surface area contributed by atoms with E-state index in [4.69, 9.17) is 5.73 Å². The SMILES string of the molecule is CC=C(C)Nc1ccc(F)c([C@]2(C)CS(=O)(=O)N(C)C(N)=N2)n1. The van der Waals surface area contributed by atoms with Crippen LogP contribution in [0.15, 0.2) is 28.9 Å². The fourth-order valence-corrected chi connectivity index (χ4v) is 3.67. The van der Waals surface area contributed by atoms with Gasteiger partial charge >= 0.3 is 0 Å². The summed E-state index contributed by atoms with van der Waals surface area (Å²) in [5.74, 6) is -0.827. The van der Waals surface area contributed by atoms with Crippen molar-refractivity contribution in [3.8, 4) is 0 Å². The van der Waals surface area contributed by atoms with Crippen molar-refractivity contribution in [2.75, 3.05) is 18.1 Å². The molecule has 0 aromatic carbocycles. The lowest BCUT2D eigenvalue weighted by Crippen LogP contribution is -2.50. The number of sulfonamides is 1. The number of hydrogen-bond donors (Lipinski definition) is 2. The molecule has 0 radical (unpaired) electrons. The second-order valence-electron chi connectivity index (χ2n) is 5.59. The summed E-state index contributed by atoms with van der Waals surface area (Å²) in [5.41, 5.74) is 5.06. The summed E-state index contributed by atoms with van der Waals surface area (Å²) in [6, 6.07) is 2.71. The van der Waals surface area contributed by atoms with Gasteiger partial charge in [0.15, 0.2) is 0 Å². The predicted molar refractivity (Wildman–Crippen MR) is 87.8 cm³/mol. The third-order valence-electron chi connectivity index (χ3n) is 3.68. The van der Waals surface area contributed by atoms with Gasteiger partial charge in [-0.3, -0.25) is 0 Å². The number of rotatable bonds is 3. The first-order valence-corrected chi connectivity index (χ1v) is 8.59. The number of nitrogens with two attached hydrogens (primary N) is 1. The molecule has 7 nitrogen and oxygen atoms in total. The van der Waals surface area contributed by atoms with E-state index in [2.05, 4.69) is 15.3 Å². The quantitative estimate of drug-likeness (QED) is 0.864. The number of nitrogens with one attached hydrogen (secondary N) is 1. The van der Waals surface area contributed by atoms with Crippen LogP contribution in [0.3, 0.4) is 0 Å². The number of aliphatic imine (C=N–C) groups is 1. The Balaban J connectivity index is 2.54. The molecule has 1 aliphatic heterocycles. The molecular formula is C14H20FN5O2S. The van der Waals surface area contributed by atoms with Crippen molar-refractivity contribution in [1.29, 1.82) is 0 Å². The molecule has 2 rings (SSSR count). The van der Waals surface area contributed by atoms with Gasteiger partial charge < -0.3 is 11.1 Å². The second-order valence-corrected chi connectivity index (χ2v) is 7.59. The molecule has 9 heteroatoms. The van der Waals surface area contributed by atoms with Gasteiger partial charge in [0.25, 0.3) is 0 Å². The average Bonchev–Trinajstić information content (AvgIpc) is 2.46. The van der Waals surface area contributed by atoms with Crippen LogP contribution in [0, 0.1) is 5.82 Å². The molecule has 0 amide bonds. The van der Waals surface area contributed by atoms with Crippen LogP contribution < -0.4 is 11.1 Å². The topological polar surface area (TPSA) is 101 Å². The molecule has 3 N–H and O–H groups in total. The maximum atomic E-state index is 14.3. The van der Waals surface area contributed by atoms with Crippen molar-refractivity contribution in [3.05, 3.63) is 35.4 Å². The first-order valence-electron chi connectivity index (χ1n) is 6.98. The molecule has 0 saturated carbocycles. The zero-order valence-electron chi connectivity index (χ0n) is 13.5. The van der Waals surface area contributed by atoms with Crippen molar-refractivity contribution in [2.45, 2.75) is 26.3 Å². The van der Waals surface area contributed by atoms with Gasteiger partial charge in [0.2, 0.25) is 16.0 Å². The summed E-state index contributed by atoms with van der Waals surface area (Å²) in [5, 5.41) is 3.00. The normalized spacial score (nSPS) is 24.3. The maximum absolute atomic E-state index is 14.3. The zero-order chi connectivity index (χ0) is 17.4. The number of nitrogens with zero attached hydrogens (tertiary/aromatic N) is 3. The van der Waals surface area contributed by atoms with Crippen molar-refractivity contribution < 1.29 is 12.8 Å². The highest BCUT2D eigenvalue weighted by Crippen LogP contribution is 2.32. The van der Waals surface area contributed by atoms with E-state index >= 15 is 0 Å². The van der Waals surface area contributed by atoms with Crippen molar-refractivity contribution in [3.63, 3.8) is 0 Å². The Labute approximate surface area is 135 Å². The first-order chi connectivity index (χ1) is 10.6. The van der Waals surface area contributed by atoms with Crippen LogP contribution in [0.25, 0.3) is 0 Å². The molecular weight excluding hydrogens is 321 g/mol. The van der Waals surface area contributed by atoms with Gasteiger partial charge in [-0.2, -0.15) is 0 Å². The highest BCUT2D eigenvalue weighted by Gasteiger charge is 2.42. The van der Waals surface area contributed by atoms with E-state index in [1.54, 1.807) is 0 Å². The van der Waals surface area contributed by atoms with E-state index < -0.39 is 27.1 Å². The van der Waals surface area contributed by atoms with E-state index in [9.17, 15) is 12.8 Å². The Hall–Kier alpha value is -2.16. The molecule has 0 saturated heterocycles. The summed E-state index contributed by atoms with van der Waals surface area (Å²) >= 11 is 0. The van der Waals surface area contributed by atoms with Crippen LogP contribution in [0.5, 0.6) is 0 Å². The Morgan fingerprint density at radius 2 is 2.17 bits per heavy atom. The fourth-order valence-electron chi connectivity index (χ4n) is 2.23. The van der Waals surface area contributed by atoms with E-state index in [1.165, 1.54) is 26.1 Å². The summed E-state index contributed by atoms with van der Waals surface area (Å²) in [7, 11) is -2.37. The molecule has 0 fully saturated rings. The largest absolute Gasteiger partial charge is 0.369 e. The Kier molecular flexibility index (Phi) is 4.34. The molecule has 1 aromatic rings. The molecule has 0 unspecified atom stereocenters. The van der Waals surface area contributed by atoms with Gasteiger partial charge in [0.05, 0.1) is 0 Å². The summed E-state index contributed by atoms with van der Waals surface area (Å²) in [6.45, 7) is 5.19. The highest BCUT2D eigenvalue weighted by atomic mass is 32.2. The molecule has 23 heavy (non-hydrogen) atoms. The Morgan fingerprint density at radius 3 is 2.74 bits per heavy atom. The molecule has 2 heterocycles. The number of halogens is 1. The van der Waals surface area contributed by atoms with Crippen LogP contribution in [0.2, 0.25) is 0 Å². The first kappa shape index (κ1) is 17.2. The number of allylic oxidation sites excluding steroid dienone is 2. The van der Waals surface area contributed by atoms with Crippen molar-refractivity contribution in [2.24, 2.45) is 10.7 Å². The predicted octanol–water partition coefficient (Wildman–Crippen LogP) is 1.36. The Morgan fingerprint density at radius 1 is 1.52 bits per heavy atom. The second kappa shape index (κ2) is 5.80. The van der Waals surface area contributed by atoms with Gasteiger partial charge in [0.1, 0.15) is 28.6 Å². The minimum atomic E-state index is -3.68. The van der Waals surface area contributed by atoms with E-state index in [0.29, 0.717) is 5.82 Å². The number of guanidine groups is 1. The van der Waals surface area contributed by atoms with E-state index in [0.717, 1.165) is 10.0 Å². The van der Waals surface area contributed by atoms with Gasteiger partial charge in [-0.1, -0.05) is 6.08 Å². The van der Waals surface area contributed by atoms with E-state index in [1.807, 2.05) is 19.9 Å². The van der Waals surface area contributed by atoms with Crippen LogP contribution in [-0.4, -0.2) is 36.5 Å². The number of aromatic nitrogens is 1. The van der Waals surface area contributed by atoms with Gasteiger partial charge in [-0.25, -0.2) is 27.1 Å². The monoisotopic (exact) mass is 341 g/mol. The summed E-state index contributed by atoms with van der Waals surface area (Å²) < 4.78 is 39.5. The number of anilines is 1. The highest BCUT2D eigenvalue weighted by molar-refractivity contribution is 7.89. The standard InChI is InChI=1S/C14H20FN5O2S/c1-5-9(2)17-11-7-6-10(15)12(18-11)14(3)8-23(21,22)20(4)13(16)19-14/h5-7H,8H2,1-4H3,(H2,16,19)(H,17,18)/t14-/m0/s1. The van der Waals surface area contributed by atoms with Gasteiger partial charge in [-0.05, 0) is 32.9 Å². The minimum Gasteiger partial charge on any atom is -0.369 e. The Bertz CT molecular complexity index is 790. The molecule has 1 aromatic heterocycles.